The molecule has 0 bridgehead atoms. The van der Waals surface area contributed by atoms with Crippen molar-refractivity contribution in [2.24, 2.45) is 0 Å². The zero-order chi connectivity index (χ0) is 52.5. The van der Waals surface area contributed by atoms with Gasteiger partial charge in [0.1, 0.15) is 18.2 Å². The zero-order valence-corrected chi connectivity index (χ0v) is 42.1. The third-order valence-corrected chi connectivity index (χ3v) is 7.95. The number of aromatic amines is 1. The van der Waals surface area contributed by atoms with E-state index >= 15 is 0 Å². The molecule has 0 aliphatic carbocycles. The number of urea groups is 1. The van der Waals surface area contributed by atoms with Crippen molar-refractivity contribution >= 4 is 30.3 Å². The van der Waals surface area contributed by atoms with Gasteiger partial charge < -0.3 is 51.0 Å². The first-order valence-electron chi connectivity index (χ1n) is 21.9. The number of nitrogens with two attached hydrogens (primary N) is 1. The maximum absolute atomic E-state index is 12.9. The van der Waals surface area contributed by atoms with Gasteiger partial charge in [-0.25, -0.2) is 24.2 Å². The number of methoxy groups -OCH3 is 2. The largest absolute Gasteiger partial charge is 0.453 e. The predicted octanol–water partition coefficient (Wildman–Crippen LogP) is 6.07. The summed E-state index contributed by atoms with van der Waals surface area (Å²) in [5.41, 5.74) is 4.67. The maximum Gasteiger partial charge on any atom is 0.407 e. The van der Waals surface area contributed by atoms with E-state index in [4.69, 9.17) is 5.84 Å². The molecule has 0 radical (unpaired) electrons. The lowest BCUT2D eigenvalue weighted by Crippen LogP contribution is -2.47. The second kappa shape index (κ2) is 40.7. The molecule has 0 saturated carbocycles. The van der Waals surface area contributed by atoms with E-state index in [0.29, 0.717) is 30.3 Å². The smallest absolute Gasteiger partial charge is 0.407 e. The summed E-state index contributed by atoms with van der Waals surface area (Å²) >= 11 is 0. The van der Waals surface area contributed by atoms with Crippen molar-refractivity contribution < 1.29 is 33.4 Å². The number of hydrogen-bond donors (Lipinski definition) is 5. The number of nitrogen functional groups attached to an aromatic ring is 1. The van der Waals surface area contributed by atoms with Crippen LogP contribution in [0.5, 0.6) is 0 Å². The number of aromatic nitrogens is 4. The van der Waals surface area contributed by atoms with Crippen LogP contribution in [-0.4, -0.2) is 126 Å². The molecule has 0 unspecified atom stereocenters. The van der Waals surface area contributed by atoms with Gasteiger partial charge in [0, 0.05) is 51.6 Å². The maximum atomic E-state index is 12.9. The van der Waals surface area contributed by atoms with Gasteiger partial charge in [-0.15, -0.1) is 25.7 Å². The summed E-state index contributed by atoms with van der Waals surface area (Å²) in [6.45, 7) is 14.8. The van der Waals surface area contributed by atoms with E-state index < -0.39 is 12.0 Å². The first-order valence-corrected chi connectivity index (χ1v) is 21.9. The van der Waals surface area contributed by atoms with Crippen molar-refractivity contribution in [1.29, 1.82) is 0 Å². The second-order valence-electron chi connectivity index (χ2n) is 13.5. The van der Waals surface area contributed by atoms with Gasteiger partial charge in [0.2, 0.25) is 18.2 Å². The fourth-order valence-corrected chi connectivity index (χ4v) is 5.14. The van der Waals surface area contributed by atoms with Gasteiger partial charge in [-0.05, 0) is 36.2 Å². The minimum atomic E-state index is -0.746. The molecule has 18 heteroatoms. The number of amides is 6. The summed E-state index contributed by atoms with van der Waals surface area (Å²) in [6.07, 6.45) is 22.3. The van der Waals surface area contributed by atoms with Gasteiger partial charge in [-0.1, -0.05) is 97.4 Å². The topological polar surface area (TPSA) is 222 Å². The molecular formula is C50H75N11O7. The number of terminal acetylenes is 2. The highest BCUT2D eigenvalue weighted by molar-refractivity contribution is 5.83. The molecule has 2 aromatic heterocycles. The third-order valence-electron chi connectivity index (χ3n) is 7.95. The Morgan fingerprint density at radius 3 is 1.76 bits per heavy atom. The van der Waals surface area contributed by atoms with Crippen LogP contribution in [0, 0.1) is 37.5 Å². The van der Waals surface area contributed by atoms with Crippen LogP contribution >= 0.6 is 0 Å². The van der Waals surface area contributed by atoms with Crippen LogP contribution in [-0.2, 0) is 36.9 Å². The van der Waals surface area contributed by atoms with E-state index in [9.17, 15) is 24.0 Å². The average Bonchev–Trinajstić information content (AvgIpc) is 3.99. The van der Waals surface area contributed by atoms with Crippen LogP contribution in [0.25, 0.3) is 22.5 Å². The van der Waals surface area contributed by atoms with Gasteiger partial charge >= 0.3 is 12.1 Å². The van der Waals surface area contributed by atoms with Crippen LogP contribution in [0.1, 0.15) is 90.5 Å². The number of carbonyl (C=O) groups is 5. The van der Waals surface area contributed by atoms with Crippen molar-refractivity contribution in [2.75, 3.05) is 67.6 Å². The summed E-state index contributed by atoms with van der Waals surface area (Å²) in [5, 5.41) is 7.27. The highest BCUT2D eigenvalue weighted by atomic mass is 16.5. The normalized spacial score (nSPS) is 9.00. The molecule has 2 heterocycles. The molecule has 372 valence electrons. The Hall–Kier alpha value is -7.75. The van der Waals surface area contributed by atoms with Crippen LogP contribution in [0.2, 0.25) is 0 Å². The van der Waals surface area contributed by atoms with E-state index in [1.54, 1.807) is 38.6 Å². The van der Waals surface area contributed by atoms with E-state index in [1.807, 2.05) is 69.3 Å². The highest BCUT2D eigenvalue weighted by Crippen LogP contribution is 2.21. The summed E-state index contributed by atoms with van der Waals surface area (Å²) < 4.78 is 10.2. The lowest BCUT2D eigenvalue weighted by Gasteiger charge is -2.27. The van der Waals surface area contributed by atoms with E-state index in [2.05, 4.69) is 106 Å². The summed E-state index contributed by atoms with van der Waals surface area (Å²) in [4.78, 5) is 75.9. The lowest BCUT2D eigenvalue weighted by molar-refractivity contribution is -0.132. The molecule has 18 nitrogen and oxygen atoms in total. The molecule has 0 spiro atoms. The lowest BCUT2D eigenvalue weighted by atomic mass is 10.1. The number of benzene rings is 2. The number of H-pyrrole nitrogens is 1. The number of ether oxygens (including phenoxy) is 2. The Balaban J connectivity index is -0.00000252. The van der Waals surface area contributed by atoms with Gasteiger partial charge in [-0.3, -0.25) is 14.4 Å². The number of nitrogens with one attached hydrogen (secondary N) is 4. The first kappa shape index (κ1) is 64.5. The number of rotatable bonds is 15. The number of alkyl carbamates (subject to hydrolysis) is 1. The standard InChI is InChI=1S/C36H43N11O6.2C3H8.C2H6O.C2H6.2C2H2/c1-5-16-45(33(49)19-39-23-48)22-32-41-18-30(47(32)37)28-14-10-26(11-15-28)7-6-25-8-12-27(13-9-25)29-17-40-31(43-29)21-46(24-44(3)35(51)38-2)34(50)20-42-36(52)53-4;3*1-3-2;3*1-2/h8-15,17-18,23H,5,16,19-22,24,37H2,1-4H3,(H,38,51)(H,39,48)(H,40,43)(H,42,52);2*3H2,1-2H3;1-2H3;1-2H3;2*1-2H. The Labute approximate surface area is 405 Å². The van der Waals surface area contributed by atoms with Gasteiger partial charge in [-0.2, -0.15) is 0 Å². The van der Waals surface area contributed by atoms with Crippen LogP contribution < -0.4 is 21.8 Å². The minimum Gasteiger partial charge on any atom is -0.453 e. The van der Waals surface area contributed by atoms with Crippen LogP contribution in [0.3, 0.4) is 0 Å². The summed E-state index contributed by atoms with van der Waals surface area (Å²) in [7, 11) is 7.48. The average molecular weight is 942 g/mol. The van der Waals surface area contributed by atoms with Crippen molar-refractivity contribution in [3.05, 3.63) is 83.7 Å². The Bertz CT molecular complexity index is 2090. The zero-order valence-electron chi connectivity index (χ0n) is 42.1. The molecule has 0 atom stereocenters. The molecule has 0 fully saturated rings. The fourth-order valence-electron chi connectivity index (χ4n) is 5.14. The molecule has 2 aromatic carbocycles. The SMILES string of the molecule is C#C.C#C.CC.CCC.CCC.CCCN(Cc1ncc(-c2ccc(C#Cc3ccc(-c4cnc(CN(CN(C)C(=O)NC)C(=O)CNC(=O)OC)[nH]4)cc3)cc2)n1N)C(=O)CNC=O.COC. The molecule has 0 aliphatic heterocycles. The molecule has 6 amide bonds. The molecule has 0 aliphatic rings. The molecule has 68 heavy (non-hydrogen) atoms. The number of carbonyl (C=O) groups excluding carboxylic acids is 5. The van der Waals surface area contributed by atoms with Gasteiger partial charge in [0.25, 0.3) is 0 Å². The molecule has 6 N–H and O–H groups in total. The van der Waals surface area contributed by atoms with E-state index in [0.717, 1.165) is 34.4 Å². The number of hydrogen-bond acceptors (Lipinski definition) is 10. The monoisotopic (exact) mass is 942 g/mol. The van der Waals surface area contributed by atoms with Crippen molar-refractivity contribution in [1.82, 2.24) is 50.3 Å². The van der Waals surface area contributed by atoms with Crippen molar-refractivity contribution in [2.45, 2.75) is 80.8 Å². The van der Waals surface area contributed by atoms with E-state index in [-0.39, 0.29) is 44.8 Å². The fraction of sp³-hybridized carbons (Fsp3) is 0.420. The Morgan fingerprint density at radius 1 is 0.794 bits per heavy atom. The van der Waals surface area contributed by atoms with Crippen LogP contribution in [0.15, 0.2) is 60.9 Å². The van der Waals surface area contributed by atoms with Crippen LogP contribution in [0.4, 0.5) is 9.59 Å². The van der Waals surface area contributed by atoms with Gasteiger partial charge in [0.05, 0.1) is 57.2 Å². The Kier molecular flexibility index (Phi) is 38.7. The molecule has 4 rings (SSSR count). The summed E-state index contributed by atoms with van der Waals surface area (Å²) in [5.74, 6) is 13.0. The second-order valence-corrected chi connectivity index (χ2v) is 13.5. The molecule has 0 saturated heterocycles. The van der Waals surface area contributed by atoms with Crippen molar-refractivity contribution in [3.8, 4) is 60.0 Å². The molecular weight excluding hydrogens is 867 g/mol. The van der Waals surface area contributed by atoms with Gasteiger partial charge in [0.15, 0.2) is 0 Å². The number of nitrogens with zero attached hydrogens (tertiary/aromatic N) is 6. The Morgan fingerprint density at radius 2 is 1.29 bits per heavy atom. The molecule has 4 aromatic rings. The highest BCUT2D eigenvalue weighted by Gasteiger charge is 2.21. The van der Waals surface area contributed by atoms with E-state index in [1.165, 1.54) is 41.5 Å². The van der Waals surface area contributed by atoms with Crippen molar-refractivity contribution in [3.63, 3.8) is 0 Å². The minimum absolute atomic E-state index is 0.0451. The number of imidazole rings is 2. The summed E-state index contributed by atoms with van der Waals surface area (Å²) in [6, 6.07) is 14.8. The predicted molar refractivity (Wildman–Crippen MR) is 272 cm³/mol. The third kappa shape index (κ3) is 25.1. The first-order chi connectivity index (χ1) is 32.8. The quantitative estimate of drug-likeness (QED) is 0.0401.